The number of rotatable bonds is 44. The van der Waals surface area contributed by atoms with Crippen LogP contribution in [0.5, 0.6) is 0 Å². The van der Waals surface area contributed by atoms with Gasteiger partial charge in [0.05, 0.1) is 38.6 Å². The van der Waals surface area contributed by atoms with Crippen molar-refractivity contribution in [3.05, 3.63) is 109 Å². The number of unbranched alkanes of at least 4 members (excludes halogenated alkanes) is 12. The zero-order valence-electron chi connectivity index (χ0n) is 50.1. The molecule has 3 fully saturated rings. The summed E-state index contributed by atoms with van der Waals surface area (Å²) in [6, 6.07) is -0.993. The maximum Gasteiger partial charge on any atom is 0.220 e. The van der Waals surface area contributed by atoms with Crippen LogP contribution in [0.25, 0.3) is 0 Å². The first-order valence-electron chi connectivity index (χ1n) is 31.1. The lowest BCUT2D eigenvalue weighted by Gasteiger charge is -2.48. The molecule has 12 N–H and O–H groups in total. The summed E-state index contributed by atoms with van der Waals surface area (Å²) in [6.07, 6.45) is 33.7. The maximum absolute atomic E-state index is 13.3. The molecule has 1 amide bonds. The fraction of sp³-hybridized carbons (Fsp3) is 0.708. The van der Waals surface area contributed by atoms with Crippen molar-refractivity contribution in [3.63, 3.8) is 0 Å². The summed E-state index contributed by atoms with van der Waals surface area (Å²) in [4.78, 5) is 13.3. The summed E-state index contributed by atoms with van der Waals surface area (Å²) in [6.45, 7) is 1.52. The molecule has 19 heteroatoms. The summed E-state index contributed by atoms with van der Waals surface area (Å²) < 4.78 is 34.2. The van der Waals surface area contributed by atoms with E-state index in [-0.39, 0.29) is 18.9 Å². The minimum absolute atomic E-state index is 0.205. The highest BCUT2D eigenvalue weighted by Gasteiger charge is 2.53. The summed E-state index contributed by atoms with van der Waals surface area (Å²) in [5.74, 6) is -0.308. The first kappa shape index (κ1) is 74.7. The molecule has 0 aromatic carbocycles. The topological polar surface area (TPSA) is 307 Å². The van der Waals surface area contributed by atoms with Gasteiger partial charge in [0.15, 0.2) is 18.9 Å². The van der Waals surface area contributed by atoms with Crippen molar-refractivity contribution in [2.75, 3.05) is 26.4 Å². The second-order valence-corrected chi connectivity index (χ2v) is 21.8. The van der Waals surface area contributed by atoms with E-state index in [0.717, 1.165) is 103 Å². The zero-order valence-corrected chi connectivity index (χ0v) is 50.1. The molecule has 3 aliphatic rings. The smallest absolute Gasteiger partial charge is 0.220 e. The van der Waals surface area contributed by atoms with Crippen LogP contribution >= 0.6 is 0 Å². The third-order valence-corrected chi connectivity index (χ3v) is 14.8. The van der Waals surface area contributed by atoms with Crippen molar-refractivity contribution >= 4 is 5.91 Å². The molecule has 3 rings (SSSR count). The zero-order chi connectivity index (χ0) is 61.2. The van der Waals surface area contributed by atoms with Gasteiger partial charge < -0.3 is 89.9 Å². The molecular formula is C65H107NO18. The minimum atomic E-state index is -1.99. The molecule has 0 radical (unpaired) electrons. The average Bonchev–Trinajstić information content (AvgIpc) is 2.80. The number of nitrogens with one attached hydrogen (secondary N) is 1. The van der Waals surface area contributed by atoms with Gasteiger partial charge in [-0.1, -0.05) is 181 Å². The predicted molar refractivity (Wildman–Crippen MR) is 323 cm³/mol. The summed E-state index contributed by atoms with van der Waals surface area (Å²) in [5, 5.41) is 120. The van der Waals surface area contributed by atoms with Crippen LogP contribution in [-0.2, 0) is 33.2 Å². The number of hydrogen-bond acceptors (Lipinski definition) is 18. The van der Waals surface area contributed by atoms with Gasteiger partial charge in [-0.3, -0.25) is 4.79 Å². The molecule has 0 spiro atoms. The average molecular weight is 1190 g/mol. The summed E-state index contributed by atoms with van der Waals surface area (Å²) in [5.41, 5.74) is 0. The van der Waals surface area contributed by atoms with Crippen LogP contribution in [0.15, 0.2) is 109 Å². The van der Waals surface area contributed by atoms with Gasteiger partial charge in [-0.25, -0.2) is 0 Å². The predicted octanol–water partition coefficient (Wildman–Crippen LogP) is 6.31. The van der Waals surface area contributed by atoms with Crippen LogP contribution in [0.4, 0.5) is 0 Å². The Bertz CT molecular complexity index is 1950. The van der Waals surface area contributed by atoms with Crippen molar-refractivity contribution in [3.8, 4) is 0 Å². The van der Waals surface area contributed by atoms with E-state index in [9.17, 15) is 61.0 Å². The molecule has 480 valence electrons. The maximum atomic E-state index is 13.3. The Labute approximate surface area is 500 Å². The molecule has 3 aliphatic heterocycles. The molecule has 0 aliphatic carbocycles. The Balaban J connectivity index is 1.43. The number of ether oxygens (including phenoxy) is 6. The third-order valence-electron chi connectivity index (χ3n) is 14.8. The van der Waals surface area contributed by atoms with Gasteiger partial charge in [-0.15, -0.1) is 0 Å². The van der Waals surface area contributed by atoms with E-state index in [4.69, 9.17) is 28.4 Å². The van der Waals surface area contributed by atoms with Crippen LogP contribution in [0, 0.1) is 0 Å². The number of allylic oxidation sites excluding steroid dienone is 17. The van der Waals surface area contributed by atoms with E-state index in [1.54, 1.807) is 6.08 Å². The molecular weight excluding hydrogens is 1080 g/mol. The van der Waals surface area contributed by atoms with Gasteiger partial charge in [-0.2, -0.15) is 0 Å². The van der Waals surface area contributed by atoms with E-state index < -0.39 is 124 Å². The van der Waals surface area contributed by atoms with Crippen molar-refractivity contribution in [1.29, 1.82) is 0 Å². The van der Waals surface area contributed by atoms with Gasteiger partial charge >= 0.3 is 0 Å². The first-order chi connectivity index (χ1) is 40.8. The van der Waals surface area contributed by atoms with E-state index in [2.05, 4.69) is 116 Å². The Kier molecular flexibility index (Phi) is 41.4. The highest BCUT2D eigenvalue weighted by Crippen LogP contribution is 2.33. The summed E-state index contributed by atoms with van der Waals surface area (Å²) in [7, 11) is 0. The number of aliphatic hydroxyl groups excluding tert-OH is 11. The van der Waals surface area contributed by atoms with Gasteiger partial charge in [0.25, 0.3) is 0 Å². The minimum Gasteiger partial charge on any atom is -0.394 e. The molecule has 0 saturated carbocycles. The van der Waals surface area contributed by atoms with Crippen molar-refractivity contribution in [1.82, 2.24) is 5.32 Å². The molecule has 3 saturated heterocycles. The Morgan fingerprint density at radius 1 is 0.440 bits per heavy atom. The Morgan fingerprint density at radius 2 is 0.821 bits per heavy atom. The van der Waals surface area contributed by atoms with Gasteiger partial charge in [0, 0.05) is 6.42 Å². The van der Waals surface area contributed by atoms with Crippen molar-refractivity contribution in [2.24, 2.45) is 0 Å². The third kappa shape index (κ3) is 29.4. The van der Waals surface area contributed by atoms with E-state index >= 15 is 0 Å². The highest BCUT2D eigenvalue weighted by molar-refractivity contribution is 5.76. The number of amides is 1. The lowest BCUT2D eigenvalue weighted by Crippen LogP contribution is -2.66. The van der Waals surface area contributed by atoms with Crippen LogP contribution in [0.1, 0.15) is 162 Å². The number of aliphatic hydroxyl groups is 11. The number of carbonyl (C=O) groups is 1. The second kappa shape index (κ2) is 46.6. The molecule has 19 nitrogen and oxygen atoms in total. The van der Waals surface area contributed by atoms with Crippen molar-refractivity contribution in [2.45, 2.75) is 266 Å². The first-order valence-corrected chi connectivity index (χ1v) is 31.1. The van der Waals surface area contributed by atoms with E-state index in [1.807, 2.05) is 6.08 Å². The second-order valence-electron chi connectivity index (χ2n) is 21.8. The SMILES string of the molecule is CC/C=C\C/C=C\C/C=C\C/C=C\C/C=C\C/C=C\C/C=C\C/C=C\CCCCCCC(=O)NC(COC1OC(CO)C(OC2OC(CO)C(OC3OC(CO)C(O)C(O)C3O)C(O)C2O)C(O)C1O)C(O)/C=C/CCCCCCCCCC. The molecule has 0 aromatic heterocycles. The van der Waals surface area contributed by atoms with Crippen LogP contribution in [0.2, 0.25) is 0 Å². The van der Waals surface area contributed by atoms with Crippen molar-refractivity contribution < 1.29 is 89.4 Å². The molecule has 0 bridgehead atoms. The lowest BCUT2D eigenvalue weighted by molar-refractivity contribution is -0.379. The number of carbonyl (C=O) groups excluding carboxylic acids is 1. The molecule has 84 heavy (non-hydrogen) atoms. The lowest BCUT2D eigenvalue weighted by atomic mass is 9.96. The fourth-order valence-corrected chi connectivity index (χ4v) is 9.73. The van der Waals surface area contributed by atoms with Crippen LogP contribution < -0.4 is 5.32 Å². The largest absolute Gasteiger partial charge is 0.394 e. The van der Waals surface area contributed by atoms with Gasteiger partial charge in [0.2, 0.25) is 5.91 Å². The quantitative estimate of drug-likeness (QED) is 0.0235. The van der Waals surface area contributed by atoms with Crippen LogP contribution in [-0.4, -0.2) is 193 Å². The normalized spacial score (nSPS) is 29.9. The number of hydrogen-bond donors (Lipinski definition) is 12. The molecule has 0 aromatic rings. The van der Waals surface area contributed by atoms with Gasteiger partial charge in [-0.05, 0) is 83.5 Å². The Morgan fingerprint density at radius 3 is 1.29 bits per heavy atom. The van der Waals surface area contributed by atoms with E-state index in [0.29, 0.717) is 6.42 Å². The van der Waals surface area contributed by atoms with Gasteiger partial charge in [0.1, 0.15) is 73.2 Å². The van der Waals surface area contributed by atoms with Crippen LogP contribution in [0.3, 0.4) is 0 Å². The Hall–Kier alpha value is -3.55. The molecule has 17 atom stereocenters. The highest BCUT2D eigenvalue weighted by atomic mass is 16.8. The molecule has 17 unspecified atom stereocenters. The van der Waals surface area contributed by atoms with E-state index in [1.165, 1.54) is 32.1 Å². The summed E-state index contributed by atoms with van der Waals surface area (Å²) >= 11 is 0. The monoisotopic (exact) mass is 1190 g/mol. The fourth-order valence-electron chi connectivity index (χ4n) is 9.73. The standard InChI is InChI=1S/C65H107NO18/c1-3-5-7-9-11-13-15-16-17-18-19-20-21-22-23-24-25-26-27-28-29-30-31-32-33-35-37-39-41-43-53(71)66-48(49(70)42-40-38-36-34-14-12-10-8-6-4-2)47-79-63-59(77)56(74)61(51(45-68)81-63)84-65-60(78)57(75)62(52(46-69)82-65)83-64-58(76)55(73)54(72)50(44-67)80-64/h5,7,11,13,16-17,19-20,22-23,25-26,28-29,31-32,40,42,48-52,54-65,67-70,72-78H,3-4,6,8-10,12,14-15,18,21,24,27,30,33-39,41,43-47H2,1-2H3,(H,66,71)/b7-5-,13-11-,17-16-,20-19-,23-22-,26-25-,29-28-,32-31-,42-40+. The molecule has 3 heterocycles.